The van der Waals surface area contributed by atoms with Crippen molar-refractivity contribution in [3.63, 3.8) is 0 Å². The number of carbonyl (C=O) groups excluding carboxylic acids is 2. The summed E-state index contributed by atoms with van der Waals surface area (Å²) in [7, 11) is 0. The molecule has 0 unspecified atom stereocenters. The molecular weight excluding hydrogens is 432 g/mol. The van der Waals surface area contributed by atoms with E-state index in [9.17, 15) is 9.59 Å². The molecule has 4 aromatic rings. The van der Waals surface area contributed by atoms with Gasteiger partial charge in [-0.2, -0.15) is 0 Å². The molecule has 0 radical (unpaired) electrons. The minimum absolute atomic E-state index is 0.148. The number of carbonyl (C=O) groups is 2. The summed E-state index contributed by atoms with van der Waals surface area (Å²) in [5.74, 6) is -0.296. The molecule has 142 valence electrons. The first kappa shape index (κ1) is 18.9. The minimum Gasteiger partial charge on any atom is -0.316 e. The number of amides is 2. The summed E-state index contributed by atoms with van der Waals surface area (Å²) in [5.41, 5.74) is 1.47. The average Bonchev–Trinajstić information content (AvgIpc) is 3.40. The highest BCUT2D eigenvalue weighted by molar-refractivity contribution is 7.26. The molecule has 4 rings (SSSR count). The maximum Gasteiger partial charge on any atom is 0.221 e. The van der Waals surface area contributed by atoms with Crippen molar-refractivity contribution in [2.24, 2.45) is 0 Å². The van der Waals surface area contributed by atoms with Crippen molar-refractivity contribution in [1.82, 2.24) is 9.97 Å². The molecule has 0 aromatic carbocycles. The van der Waals surface area contributed by atoms with Crippen LogP contribution in [0.2, 0.25) is 0 Å². The van der Waals surface area contributed by atoms with Crippen molar-refractivity contribution in [1.29, 1.82) is 0 Å². The van der Waals surface area contributed by atoms with E-state index in [1.54, 1.807) is 22.7 Å². The molecule has 4 heterocycles. The van der Waals surface area contributed by atoms with Gasteiger partial charge < -0.3 is 10.6 Å². The highest BCUT2D eigenvalue weighted by Crippen LogP contribution is 2.44. The molecular formula is C18H14N4O2S4. The van der Waals surface area contributed by atoms with Crippen LogP contribution in [0, 0.1) is 0 Å². The van der Waals surface area contributed by atoms with Gasteiger partial charge in [-0.1, -0.05) is 34.8 Å². The van der Waals surface area contributed by atoms with Crippen molar-refractivity contribution in [2.45, 2.75) is 13.8 Å². The van der Waals surface area contributed by atoms with Gasteiger partial charge in [0.2, 0.25) is 11.8 Å². The summed E-state index contributed by atoms with van der Waals surface area (Å²) in [5, 5.41) is 12.5. The second kappa shape index (κ2) is 7.92. The predicted octanol–water partition coefficient (Wildman–Crippen LogP) is 5.64. The molecule has 0 saturated carbocycles. The fourth-order valence-corrected chi connectivity index (χ4v) is 6.11. The fraction of sp³-hybridized carbons (Fsp3) is 0.111. The van der Waals surface area contributed by atoms with Crippen molar-refractivity contribution in [2.75, 3.05) is 10.6 Å². The molecule has 0 aliphatic heterocycles. The summed E-state index contributed by atoms with van der Waals surface area (Å²) < 4.78 is 0. The molecule has 0 bridgehead atoms. The number of rotatable bonds is 5. The van der Waals surface area contributed by atoms with Crippen LogP contribution in [0.3, 0.4) is 0 Å². The van der Waals surface area contributed by atoms with Crippen LogP contribution in [0.4, 0.5) is 10.0 Å². The molecule has 2 N–H and O–H groups in total. The first-order valence-electron chi connectivity index (χ1n) is 8.16. The van der Waals surface area contributed by atoms with Crippen LogP contribution in [0.15, 0.2) is 35.0 Å². The Morgan fingerprint density at radius 1 is 0.786 bits per heavy atom. The number of aromatic nitrogens is 2. The largest absolute Gasteiger partial charge is 0.316 e. The zero-order valence-corrected chi connectivity index (χ0v) is 18.1. The number of nitrogens with one attached hydrogen (secondary N) is 2. The average molecular weight is 447 g/mol. The Morgan fingerprint density at radius 3 is 1.54 bits per heavy atom. The summed E-state index contributed by atoms with van der Waals surface area (Å²) in [6.45, 7) is 2.95. The van der Waals surface area contributed by atoms with Gasteiger partial charge in [0, 0.05) is 13.8 Å². The predicted molar refractivity (Wildman–Crippen MR) is 118 cm³/mol. The zero-order chi connectivity index (χ0) is 19.7. The first-order valence-corrected chi connectivity index (χ1v) is 11.6. The topological polar surface area (TPSA) is 84.0 Å². The van der Waals surface area contributed by atoms with Crippen LogP contribution >= 0.6 is 45.3 Å². The van der Waals surface area contributed by atoms with Crippen LogP contribution in [0.1, 0.15) is 13.8 Å². The number of hydrogen-bond donors (Lipinski definition) is 2. The molecule has 6 nitrogen and oxygen atoms in total. The maximum atomic E-state index is 11.6. The molecule has 0 saturated heterocycles. The summed E-state index contributed by atoms with van der Waals surface area (Å²) >= 11 is 5.88. The highest BCUT2D eigenvalue weighted by Gasteiger charge is 2.21. The number of thiazole rings is 2. The van der Waals surface area contributed by atoms with Crippen LogP contribution in [0.25, 0.3) is 31.2 Å². The van der Waals surface area contributed by atoms with E-state index < -0.39 is 0 Å². The first-order chi connectivity index (χ1) is 13.5. The molecule has 0 aliphatic rings. The van der Waals surface area contributed by atoms with E-state index in [2.05, 4.69) is 10.6 Å². The van der Waals surface area contributed by atoms with Gasteiger partial charge in [-0.3, -0.25) is 9.59 Å². The Hall–Kier alpha value is -2.40. The van der Waals surface area contributed by atoms with Crippen LogP contribution in [0.5, 0.6) is 0 Å². The molecule has 0 atom stereocenters. The van der Waals surface area contributed by atoms with Crippen LogP contribution in [-0.2, 0) is 9.59 Å². The smallest absolute Gasteiger partial charge is 0.221 e. The Kier molecular flexibility index (Phi) is 5.36. The van der Waals surface area contributed by atoms with Gasteiger partial charge in [-0.05, 0) is 22.9 Å². The normalized spacial score (nSPS) is 10.8. The van der Waals surface area contributed by atoms with Gasteiger partial charge in [0.15, 0.2) is 10.0 Å². The molecule has 28 heavy (non-hydrogen) atoms. The minimum atomic E-state index is -0.148. The lowest BCUT2D eigenvalue weighted by molar-refractivity contribution is -0.115. The third-order valence-corrected chi connectivity index (χ3v) is 7.36. The number of thiophene rings is 2. The molecule has 4 aromatic heterocycles. The van der Waals surface area contributed by atoms with E-state index in [0.717, 1.165) is 21.1 Å². The van der Waals surface area contributed by atoms with Gasteiger partial charge in [0.05, 0.1) is 9.75 Å². The lowest BCUT2D eigenvalue weighted by Crippen LogP contribution is -2.04. The molecule has 2 amide bonds. The lowest BCUT2D eigenvalue weighted by Gasteiger charge is -1.99. The van der Waals surface area contributed by atoms with E-state index in [1.165, 1.54) is 36.5 Å². The third-order valence-electron chi connectivity index (χ3n) is 3.53. The third kappa shape index (κ3) is 3.90. The van der Waals surface area contributed by atoms with Gasteiger partial charge in [-0.15, -0.1) is 22.7 Å². The van der Waals surface area contributed by atoms with Gasteiger partial charge in [-0.25, -0.2) is 9.97 Å². The monoisotopic (exact) mass is 446 g/mol. The number of hydrogen-bond acceptors (Lipinski definition) is 8. The fourth-order valence-electron chi connectivity index (χ4n) is 2.47. The Morgan fingerprint density at radius 2 is 1.21 bits per heavy atom. The summed E-state index contributed by atoms with van der Waals surface area (Å²) in [4.78, 5) is 34.7. The van der Waals surface area contributed by atoms with Gasteiger partial charge in [0.25, 0.3) is 0 Å². The molecule has 10 heteroatoms. The Labute approximate surface area is 176 Å². The highest BCUT2D eigenvalue weighted by atomic mass is 32.1. The quantitative estimate of drug-likeness (QED) is 0.415. The molecule has 0 aliphatic carbocycles. The molecule has 0 fully saturated rings. The number of anilines is 2. The Bertz CT molecular complexity index is 1040. The maximum absolute atomic E-state index is 11.6. The summed E-state index contributed by atoms with van der Waals surface area (Å²) in [6, 6.07) is 7.83. The second-order valence-corrected chi connectivity index (χ2v) is 9.60. The lowest BCUT2D eigenvalue weighted by atomic mass is 10.3. The second-order valence-electron chi connectivity index (χ2n) is 5.71. The zero-order valence-electron chi connectivity index (χ0n) is 14.8. The number of nitrogens with zero attached hydrogens (tertiary/aromatic N) is 2. The van der Waals surface area contributed by atoms with Crippen molar-refractivity contribution in [3.8, 4) is 31.2 Å². The van der Waals surface area contributed by atoms with Crippen molar-refractivity contribution >= 4 is 67.2 Å². The van der Waals surface area contributed by atoms with E-state index in [4.69, 9.17) is 9.97 Å². The van der Waals surface area contributed by atoms with Gasteiger partial charge in [0.1, 0.15) is 21.4 Å². The SMILES string of the molecule is CC(=O)Nc1sc(-c2nc(-c3cccs3)c(NC(C)=O)s2)nc1-c1cccs1. The van der Waals surface area contributed by atoms with Crippen molar-refractivity contribution < 1.29 is 9.59 Å². The Balaban J connectivity index is 1.80. The summed E-state index contributed by atoms with van der Waals surface area (Å²) in [6.07, 6.45) is 0. The van der Waals surface area contributed by atoms with Crippen LogP contribution < -0.4 is 10.6 Å². The molecule has 0 spiro atoms. The van der Waals surface area contributed by atoms with Crippen LogP contribution in [-0.4, -0.2) is 21.8 Å². The standard InChI is InChI=1S/C18H14N4O2S4/c1-9(23)19-15-13(11-5-3-7-25-11)21-17(27-15)18-22-14(12-6-4-8-26-12)16(28-18)20-10(2)24/h3-8H,1-2H3,(H,19,23)(H,20,24). The van der Waals surface area contributed by atoms with E-state index in [-0.39, 0.29) is 11.8 Å². The van der Waals surface area contributed by atoms with E-state index >= 15 is 0 Å². The van der Waals surface area contributed by atoms with E-state index in [0.29, 0.717) is 20.0 Å². The van der Waals surface area contributed by atoms with Gasteiger partial charge >= 0.3 is 0 Å². The van der Waals surface area contributed by atoms with Crippen molar-refractivity contribution in [3.05, 3.63) is 35.0 Å². The van der Waals surface area contributed by atoms with E-state index in [1.807, 2.05) is 35.0 Å².